The highest BCUT2D eigenvalue weighted by Crippen LogP contribution is 2.56. The van der Waals surface area contributed by atoms with E-state index in [2.05, 4.69) is 37.7 Å². The molecule has 0 N–H and O–H groups in total. The Hall–Kier alpha value is -1.51. The van der Waals surface area contributed by atoms with Crippen LogP contribution in [0.5, 0.6) is 0 Å². The molecule has 7 heteroatoms. The molecule has 5 rings (SSSR count). The zero-order valence-electron chi connectivity index (χ0n) is 13.4. The van der Waals surface area contributed by atoms with Gasteiger partial charge in [0.1, 0.15) is 5.69 Å². The van der Waals surface area contributed by atoms with E-state index in [4.69, 9.17) is 9.26 Å². The third-order valence-corrected chi connectivity index (χ3v) is 7.07. The van der Waals surface area contributed by atoms with Gasteiger partial charge in [0, 0.05) is 20.6 Å². The van der Waals surface area contributed by atoms with Gasteiger partial charge >= 0.3 is 5.97 Å². The largest absolute Gasteiger partial charge is 0.464 e. The molecule has 2 aromatic rings. The number of esters is 1. The number of ether oxygens (including phenoxy) is 1. The van der Waals surface area contributed by atoms with Crippen LogP contribution in [-0.2, 0) is 10.2 Å². The van der Waals surface area contributed by atoms with Crippen molar-refractivity contribution < 1.29 is 14.1 Å². The van der Waals surface area contributed by atoms with Crippen LogP contribution >= 0.6 is 22.6 Å². The maximum atomic E-state index is 11.6. The topological polar surface area (TPSA) is 78.1 Å². The van der Waals surface area contributed by atoms with E-state index < -0.39 is 5.97 Å². The maximum absolute atomic E-state index is 11.6. The molecule has 0 saturated heterocycles. The van der Waals surface area contributed by atoms with Crippen LogP contribution in [0.25, 0.3) is 11.5 Å². The van der Waals surface area contributed by atoms with Crippen molar-refractivity contribution in [3.8, 4) is 11.5 Å². The Labute approximate surface area is 153 Å². The minimum Gasteiger partial charge on any atom is -0.464 e. The lowest BCUT2D eigenvalue weighted by Gasteiger charge is -2.49. The Bertz CT molecular complexity index is 764. The second-order valence-corrected chi connectivity index (χ2v) is 9.06. The van der Waals surface area contributed by atoms with Crippen molar-refractivity contribution in [3.63, 3.8) is 0 Å². The second kappa shape index (κ2) is 5.79. The molecule has 0 radical (unpaired) electrons. The standard InChI is InChI=1S/C17H18IN3O3/c1-23-14(22)12-10-11(2-9-19-12)13-20-15(21-24-13)16-3-6-17(18,7-4-16)8-5-16/h2,9-10H,3-8H2,1H3. The fourth-order valence-corrected chi connectivity index (χ4v) is 4.62. The Morgan fingerprint density at radius 2 is 1.96 bits per heavy atom. The number of carbonyl (C=O) groups is 1. The van der Waals surface area contributed by atoms with Crippen LogP contribution in [0, 0.1) is 0 Å². The summed E-state index contributed by atoms with van der Waals surface area (Å²) in [7, 11) is 1.33. The normalized spacial score (nSPS) is 28.8. The van der Waals surface area contributed by atoms with Gasteiger partial charge in [0.05, 0.1) is 7.11 Å². The number of methoxy groups -OCH3 is 1. The van der Waals surface area contributed by atoms with Crippen LogP contribution in [0.4, 0.5) is 0 Å². The summed E-state index contributed by atoms with van der Waals surface area (Å²) in [6, 6.07) is 3.39. The van der Waals surface area contributed by atoms with Gasteiger partial charge in [-0.3, -0.25) is 0 Å². The average molecular weight is 439 g/mol. The first kappa shape index (κ1) is 16.0. The number of hydrogen-bond acceptors (Lipinski definition) is 6. The van der Waals surface area contributed by atoms with Gasteiger partial charge in [0.2, 0.25) is 0 Å². The summed E-state index contributed by atoms with van der Waals surface area (Å²) in [6.45, 7) is 0. The van der Waals surface area contributed by atoms with Gasteiger partial charge in [-0.05, 0) is 50.7 Å². The molecule has 3 aliphatic rings. The van der Waals surface area contributed by atoms with Crippen molar-refractivity contribution in [3.05, 3.63) is 29.8 Å². The summed E-state index contributed by atoms with van der Waals surface area (Å²) < 4.78 is 10.7. The predicted molar refractivity (Wildman–Crippen MR) is 95.0 cm³/mol. The highest BCUT2D eigenvalue weighted by molar-refractivity contribution is 14.1. The molecular weight excluding hydrogens is 421 g/mol. The molecule has 2 aromatic heterocycles. The summed E-state index contributed by atoms with van der Waals surface area (Å²) in [4.78, 5) is 20.3. The number of hydrogen-bond donors (Lipinski definition) is 0. The number of pyridine rings is 1. The minimum atomic E-state index is -0.479. The number of nitrogens with zero attached hydrogens (tertiary/aromatic N) is 3. The lowest BCUT2D eigenvalue weighted by molar-refractivity contribution is 0.0594. The third-order valence-electron chi connectivity index (χ3n) is 5.46. The van der Waals surface area contributed by atoms with Crippen LogP contribution < -0.4 is 0 Å². The summed E-state index contributed by atoms with van der Waals surface area (Å²) in [5.41, 5.74) is 0.987. The number of rotatable bonds is 3. The summed E-state index contributed by atoms with van der Waals surface area (Å²) in [6.07, 6.45) is 8.59. The highest BCUT2D eigenvalue weighted by Gasteiger charge is 2.50. The van der Waals surface area contributed by atoms with Crippen molar-refractivity contribution >= 4 is 28.6 Å². The fraction of sp³-hybridized carbons (Fsp3) is 0.529. The van der Waals surface area contributed by atoms with Crippen molar-refractivity contribution in [1.82, 2.24) is 15.1 Å². The van der Waals surface area contributed by atoms with E-state index in [1.165, 1.54) is 26.4 Å². The van der Waals surface area contributed by atoms with Crippen molar-refractivity contribution in [2.45, 2.75) is 47.4 Å². The second-order valence-electron chi connectivity index (χ2n) is 6.78. The van der Waals surface area contributed by atoms with Crippen molar-refractivity contribution in [2.75, 3.05) is 7.11 Å². The minimum absolute atomic E-state index is 0.0624. The van der Waals surface area contributed by atoms with Gasteiger partial charge in [-0.25, -0.2) is 9.78 Å². The SMILES string of the molecule is COC(=O)c1cc(-c2nc(C34CCC(I)(CC3)CC4)no2)ccn1. The van der Waals surface area contributed by atoms with Gasteiger partial charge in [-0.15, -0.1) is 0 Å². The molecule has 3 saturated carbocycles. The van der Waals surface area contributed by atoms with E-state index in [1.807, 2.05) is 0 Å². The molecule has 3 aliphatic carbocycles. The van der Waals surface area contributed by atoms with E-state index in [1.54, 1.807) is 18.3 Å². The molecule has 0 amide bonds. The van der Waals surface area contributed by atoms with E-state index in [0.29, 0.717) is 14.9 Å². The number of aromatic nitrogens is 3. The zero-order chi connectivity index (χ0) is 16.8. The average Bonchev–Trinajstić information content (AvgIpc) is 3.13. The van der Waals surface area contributed by atoms with E-state index >= 15 is 0 Å². The summed E-state index contributed by atoms with van der Waals surface area (Å²) in [5, 5.41) is 4.28. The third kappa shape index (κ3) is 2.62. The van der Waals surface area contributed by atoms with Gasteiger partial charge in [-0.1, -0.05) is 27.7 Å². The lowest BCUT2D eigenvalue weighted by Crippen LogP contribution is -2.45. The highest BCUT2D eigenvalue weighted by atomic mass is 127. The van der Waals surface area contributed by atoms with Crippen molar-refractivity contribution in [1.29, 1.82) is 0 Å². The number of carbonyl (C=O) groups excluding carboxylic acids is 1. The first-order chi connectivity index (χ1) is 11.5. The molecule has 6 nitrogen and oxygen atoms in total. The van der Waals surface area contributed by atoms with E-state index in [-0.39, 0.29) is 11.1 Å². The first-order valence-electron chi connectivity index (χ1n) is 8.12. The molecule has 0 spiro atoms. The molecule has 0 atom stereocenters. The van der Waals surface area contributed by atoms with E-state index in [9.17, 15) is 4.79 Å². The van der Waals surface area contributed by atoms with Gasteiger partial charge in [-0.2, -0.15) is 4.98 Å². The van der Waals surface area contributed by atoms with Gasteiger partial charge < -0.3 is 9.26 Å². The van der Waals surface area contributed by atoms with Crippen LogP contribution in [-0.4, -0.2) is 31.6 Å². The molecule has 126 valence electrons. The van der Waals surface area contributed by atoms with E-state index in [0.717, 1.165) is 25.1 Å². The molecule has 0 aliphatic heterocycles. The maximum Gasteiger partial charge on any atom is 0.356 e. The smallest absolute Gasteiger partial charge is 0.356 e. The summed E-state index contributed by atoms with van der Waals surface area (Å²) in [5.74, 6) is 0.768. The Morgan fingerprint density at radius 1 is 1.25 bits per heavy atom. The van der Waals surface area contributed by atoms with Gasteiger partial charge in [0.15, 0.2) is 5.82 Å². The van der Waals surface area contributed by atoms with Crippen molar-refractivity contribution in [2.24, 2.45) is 0 Å². The van der Waals surface area contributed by atoms with Crippen LogP contribution in [0.3, 0.4) is 0 Å². The molecule has 2 heterocycles. The summed E-state index contributed by atoms with van der Waals surface area (Å²) >= 11 is 2.63. The van der Waals surface area contributed by atoms with Crippen LogP contribution in [0.15, 0.2) is 22.9 Å². The lowest BCUT2D eigenvalue weighted by atomic mass is 9.60. The monoisotopic (exact) mass is 439 g/mol. The Kier molecular flexibility index (Phi) is 3.85. The van der Waals surface area contributed by atoms with Crippen LogP contribution in [0.2, 0.25) is 0 Å². The van der Waals surface area contributed by atoms with Gasteiger partial charge in [0.25, 0.3) is 5.89 Å². The molecule has 0 unspecified atom stereocenters. The Morgan fingerprint density at radius 3 is 2.62 bits per heavy atom. The zero-order valence-corrected chi connectivity index (χ0v) is 15.6. The predicted octanol–water partition coefficient (Wildman–Crippen LogP) is 3.70. The molecule has 3 fully saturated rings. The molecule has 2 bridgehead atoms. The molecular formula is C17H18IN3O3. The quantitative estimate of drug-likeness (QED) is 0.413. The fourth-order valence-electron chi connectivity index (χ4n) is 3.81. The first-order valence-corrected chi connectivity index (χ1v) is 9.19. The number of fused-ring (bicyclic) bond motifs is 3. The molecule has 24 heavy (non-hydrogen) atoms. The number of halogens is 1. The molecule has 0 aromatic carbocycles. The Balaban J connectivity index is 1.63. The van der Waals surface area contributed by atoms with Crippen LogP contribution in [0.1, 0.15) is 54.8 Å². The number of alkyl halides is 1.